The van der Waals surface area contributed by atoms with Crippen molar-refractivity contribution >= 4 is 17.7 Å². The number of nitrogens with zero attached hydrogens (tertiary/aromatic N) is 2. The number of carbonyl (C=O) groups excluding carboxylic acids is 1. The minimum absolute atomic E-state index is 0.0839. The van der Waals surface area contributed by atoms with Gasteiger partial charge in [-0.25, -0.2) is 9.97 Å². The van der Waals surface area contributed by atoms with E-state index in [1.165, 1.54) is 24.3 Å². The van der Waals surface area contributed by atoms with Crippen LogP contribution in [0.15, 0.2) is 17.6 Å². The van der Waals surface area contributed by atoms with Crippen LogP contribution in [0.25, 0.3) is 0 Å². The molecule has 1 aliphatic rings. The van der Waals surface area contributed by atoms with Gasteiger partial charge < -0.3 is 5.32 Å². The Morgan fingerprint density at radius 1 is 1.64 bits per heavy atom. The molecular weight excluding hydrogens is 162 g/mol. The molecule has 1 N–H and O–H groups in total. The largest absolute Gasteiger partial charge is 0.342 e. The van der Waals surface area contributed by atoms with E-state index in [4.69, 9.17) is 0 Å². The molecule has 2 heterocycles. The maximum absolute atomic E-state index is 11.1. The summed E-state index contributed by atoms with van der Waals surface area (Å²) in [6.07, 6.45) is 2.98. The molecule has 0 unspecified atom stereocenters. The van der Waals surface area contributed by atoms with Crippen LogP contribution in [0.5, 0.6) is 0 Å². The summed E-state index contributed by atoms with van der Waals surface area (Å²) in [4.78, 5) is 18.8. The van der Waals surface area contributed by atoms with Crippen molar-refractivity contribution in [3.63, 3.8) is 0 Å². The van der Waals surface area contributed by atoms with E-state index in [-0.39, 0.29) is 5.91 Å². The summed E-state index contributed by atoms with van der Waals surface area (Å²) in [7, 11) is 0. The standard InChI is InChI=1S/C6H5N3OS/c10-5-4-1-7-2-8-6(4)11-3-9-5/h1-2H,3H2,(H,9,10). The van der Waals surface area contributed by atoms with E-state index in [1.807, 2.05) is 0 Å². The zero-order valence-electron chi connectivity index (χ0n) is 5.57. The van der Waals surface area contributed by atoms with E-state index in [0.717, 1.165) is 5.03 Å². The van der Waals surface area contributed by atoms with E-state index < -0.39 is 0 Å². The fourth-order valence-corrected chi connectivity index (χ4v) is 1.62. The summed E-state index contributed by atoms with van der Waals surface area (Å²) in [5.41, 5.74) is 0.573. The molecule has 0 spiro atoms. The topological polar surface area (TPSA) is 54.9 Å². The van der Waals surface area contributed by atoms with Crippen molar-refractivity contribution in [1.29, 1.82) is 0 Å². The molecule has 5 heteroatoms. The van der Waals surface area contributed by atoms with E-state index in [0.29, 0.717) is 11.4 Å². The molecule has 1 aromatic heterocycles. The van der Waals surface area contributed by atoms with Crippen LogP contribution in [0.2, 0.25) is 0 Å². The van der Waals surface area contributed by atoms with Crippen LogP contribution in [0.4, 0.5) is 0 Å². The lowest BCUT2D eigenvalue weighted by Crippen LogP contribution is -2.27. The quantitative estimate of drug-likeness (QED) is 0.563. The molecule has 56 valence electrons. The molecule has 0 bridgehead atoms. The van der Waals surface area contributed by atoms with Gasteiger partial charge >= 0.3 is 0 Å². The zero-order valence-corrected chi connectivity index (χ0v) is 6.39. The number of fused-ring (bicyclic) bond motifs is 1. The van der Waals surface area contributed by atoms with Crippen molar-refractivity contribution in [3.8, 4) is 0 Å². The Morgan fingerprint density at radius 2 is 2.55 bits per heavy atom. The maximum Gasteiger partial charge on any atom is 0.256 e. The molecule has 0 radical (unpaired) electrons. The molecule has 0 saturated heterocycles. The first-order valence-corrected chi connectivity index (χ1v) is 4.07. The number of rotatable bonds is 0. The summed E-state index contributed by atoms with van der Waals surface area (Å²) in [5.74, 6) is 0.516. The lowest BCUT2D eigenvalue weighted by molar-refractivity contribution is 0.0954. The second kappa shape index (κ2) is 2.50. The maximum atomic E-state index is 11.1. The normalized spacial score (nSPS) is 15.5. The summed E-state index contributed by atoms with van der Waals surface area (Å²) < 4.78 is 0. The monoisotopic (exact) mass is 167 g/mol. The van der Waals surface area contributed by atoms with Gasteiger partial charge in [0.25, 0.3) is 5.91 Å². The van der Waals surface area contributed by atoms with E-state index in [9.17, 15) is 4.79 Å². The number of aromatic nitrogens is 2. The van der Waals surface area contributed by atoms with Gasteiger partial charge in [-0.05, 0) is 0 Å². The van der Waals surface area contributed by atoms with Crippen LogP contribution in [0.1, 0.15) is 10.4 Å². The highest BCUT2D eigenvalue weighted by molar-refractivity contribution is 7.99. The lowest BCUT2D eigenvalue weighted by Gasteiger charge is -2.12. The van der Waals surface area contributed by atoms with E-state index >= 15 is 0 Å². The predicted octanol–water partition coefficient (Wildman–Crippen LogP) is 0.270. The molecule has 2 rings (SSSR count). The average molecular weight is 167 g/mol. The molecule has 1 aliphatic heterocycles. The highest BCUT2D eigenvalue weighted by Crippen LogP contribution is 2.21. The Kier molecular flexibility index (Phi) is 1.50. The predicted molar refractivity (Wildman–Crippen MR) is 40.2 cm³/mol. The third-order valence-electron chi connectivity index (χ3n) is 1.36. The zero-order chi connectivity index (χ0) is 7.68. The van der Waals surface area contributed by atoms with Crippen molar-refractivity contribution in [3.05, 3.63) is 18.1 Å². The van der Waals surface area contributed by atoms with Crippen molar-refractivity contribution in [1.82, 2.24) is 15.3 Å². The van der Waals surface area contributed by atoms with Gasteiger partial charge in [0.1, 0.15) is 11.4 Å². The second-order valence-corrected chi connectivity index (χ2v) is 3.00. The van der Waals surface area contributed by atoms with Gasteiger partial charge in [-0.3, -0.25) is 4.79 Å². The second-order valence-electron chi connectivity index (χ2n) is 2.04. The number of hydrogen-bond acceptors (Lipinski definition) is 4. The summed E-state index contributed by atoms with van der Waals surface area (Å²) in [6, 6.07) is 0. The lowest BCUT2D eigenvalue weighted by atomic mass is 10.3. The third kappa shape index (κ3) is 1.07. The van der Waals surface area contributed by atoms with Gasteiger partial charge in [-0.2, -0.15) is 0 Å². The van der Waals surface area contributed by atoms with Gasteiger partial charge in [-0.15, -0.1) is 0 Å². The molecule has 0 atom stereocenters. The van der Waals surface area contributed by atoms with Crippen molar-refractivity contribution in [2.24, 2.45) is 0 Å². The van der Waals surface area contributed by atoms with Crippen LogP contribution in [-0.4, -0.2) is 21.8 Å². The number of nitrogens with one attached hydrogen (secondary N) is 1. The molecule has 0 aliphatic carbocycles. The number of thioether (sulfide) groups is 1. The Balaban J connectivity index is 2.52. The molecule has 1 aromatic rings. The average Bonchev–Trinajstić information content (AvgIpc) is 2.06. The highest BCUT2D eigenvalue weighted by Gasteiger charge is 2.17. The smallest absolute Gasteiger partial charge is 0.256 e. The molecule has 1 amide bonds. The Labute approximate surface area is 67.4 Å². The van der Waals surface area contributed by atoms with E-state index in [1.54, 1.807) is 0 Å². The summed E-state index contributed by atoms with van der Waals surface area (Å²) in [6.45, 7) is 0. The fourth-order valence-electron chi connectivity index (χ4n) is 0.854. The minimum atomic E-state index is -0.0839. The van der Waals surface area contributed by atoms with Crippen molar-refractivity contribution in [2.45, 2.75) is 5.03 Å². The molecular formula is C6H5N3OS. The molecule has 0 fully saturated rings. The van der Waals surface area contributed by atoms with Crippen molar-refractivity contribution in [2.75, 3.05) is 5.88 Å². The SMILES string of the molecule is O=C1NCSc2ncncc21. The first kappa shape index (κ1) is 6.60. The number of amides is 1. The first-order valence-electron chi connectivity index (χ1n) is 3.09. The third-order valence-corrected chi connectivity index (χ3v) is 2.25. The minimum Gasteiger partial charge on any atom is -0.342 e. The van der Waals surface area contributed by atoms with Gasteiger partial charge in [0.15, 0.2) is 0 Å². The Morgan fingerprint density at radius 3 is 3.36 bits per heavy atom. The molecule has 0 saturated carbocycles. The van der Waals surface area contributed by atoms with Crippen LogP contribution in [0.3, 0.4) is 0 Å². The van der Waals surface area contributed by atoms with Gasteiger partial charge in [0.2, 0.25) is 0 Å². The van der Waals surface area contributed by atoms with Crippen LogP contribution in [0, 0.1) is 0 Å². The molecule has 0 aromatic carbocycles. The number of hydrogen-bond donors (Lipinski definition) is 1. The number of carbonyl (C=O) groups is 1. The summed E-state index contributed by atoms with van der Waals surface area (Å²) >= 11 is 1.51. The highest BCUT2D eigenvalue weighted by atomic mass is 32.2. The van der Waals surface area contributed by atoms with Crippen LogP contribution >= 0.6 is 11.8 Å². The summed E-state index contributed by atoms with van der Waals surface area (Å²) in [5, 5.41) is 3.45. The van der Waals surface area contributed by atoms with Crippen LogP contribution in [-0.2, 0) is 0 Å². The van der Waals surface area contributed by atoms with Crippen LogP contribution < -0.4 is 5.32 Å². The van der Waals surface area contributed by atoms with Gasteiger partial charge in [0, 0.05) is 6.20 Å². The van der Waals surface area contributed by atoms with Crippen molar-refractivity contribution < 1.29 is 4.79 Å². The fraction of sp³-hybridized carbons (Fsp3) is 0.167. The van der Waals surface area contributed by atoms with Gasteiger partial charge in [0.05, 0.1) is 11.4 Å². The Bertz CT molecular complexity index is 302. The Hall–Kier alpha value is -1.10. The van der Waals surface area contributed by atoms with E-state index in [2.05, 4.69) is 15.3 Å². The first-order chi connectivity index (χ1) is 5.38. The van der Waals surface area contributed by atoms with Gasteiger partial charge in [-0.1, -0.05) is 11.8 Å². The molecule has 11 heavy (non-hydrogen) atoms. The molecule has 4 nitrogen and oxygen atoms in total.